The molecular formula is C20H33N3O4Si. The summed E-state index contributed by atoms with van der Waals surface area (Å²) in [4.78, 5) is 15.1. The number of aromatic nitrogens is 3. The lowest BCUT2D eigenvalue weighted by Gasteiger charge is -2.42. The molecular weight excluding hydrogens is 374 g/mol. The summed E-state index contributed by atoms with van der Waals surface area (Å²) in [5.74, 6) is -0.0804. The molecule has 28 heavy (non-hydrogen) atoms. The van der Waals surface area contributed by atoms with Crippen LogP contribution in [0, 0.1) is 6.92 Å². The van der Waals surface area contributed by atoms with Gasteiger partial charge in [-0.15, -0.1) is 0 Å². The second-order valence-corrected chi connectivity index (χ2v) is 13.8. The smallest absolute Gasteiger partial charge is 0.303 e. The van der Waals surface area contributed by atoms with Crippen LogP contribution in [0.2, 0.25) is 16.6 Å². The first-order chi connectivity index (χ1) is 13.1. The molecule has 0 atom stereocenters. The standard InChI is InChI=1S/C20H33N3O4Si/c1-13(2)28(14(3)4,15(5)6)26-12-23-11-10-16(7)19(23)20-21-17(27-22-20)8-9-18(24)25/h10-11,13-15H,8-9,12H2,1-7H3,(H,24,25). The van der Waals surface area contributed by atoms with Gasteiger partial charge in [0.15, 0.2) is 0 Å². The number of aliphatic carboxylic acids is 1. The highest BCUT2D eigenvalue weighted by atomic mass is 28.4. The van der Waals surface area contributed by atoms with Gasteiger partial charge in [0.05, 0.1) is 12.1 Å². The molecule has 0 unspecified atom stereocenters. The van der Waals surface area contributed by atoms with Crippen LogP contribution in [0.1, 0.15) is 59.4 Å². The highest BCUT2D eigenvalue weighted by Gasteiger charge is 2.45. The van der Waals surface area contributed by atoms with Gasteiger partial charge in [0.2, 0.25) is 20.0 Å². The Labute approximate surface area is 168 Å². The van der Waals surface area contributed by atoms with Crippen molar-refractivity contribution in [3.05, 3.63) is 23.7 Å². The maximum atomic E-state index is 10.8. The van der Waals surface area contributed by atoms with E-state index in [9.17, 15) is 4.79 Å². The van der Waals surface area contributed by atoms with Crippen LogP contribution in [0.5, 0.6) is 0 Å². The second-order valence-electron chi connectivity index (χ2n) is 8.31. The molecule has 0 aliphatic carbocycles. The van der Waals surface area contributed by atoms with Gasteiger partial charge in [-0.25, -0.2) is 0 Å². The molecule has 2 heterocycles. The molecule has 0 fully saturated rings. The Bertz CT molecular complexity index is 773. The molecule has 0 radical (unpaired) electrons. The Balaban J connectivity index is 2.26. The topological polar surface area (TPSA) is 90.4 Å². The third kappa shape index (κ3) is 4.55. The quantitative estimate of drug-likeness (QED) is 0.557. The number of aryl methyl sites for hydroxylation is 2. The minimum absolute atomic E-state index is 0.0317. The number of carboxylic acids is 1. The Morgan fingerprint density at radius 2 is 1.82 bits per heavy atom. The molecule has 0 bridgehead atoms. The highest BCUT2D eigenvalue weighted by molar-refractivity contribution is 6.77. The molecule has 0 saturated carbocycles. The van der Waals surface area contributed by atoms with Crippen LogP contribution in [-0.2, 0) is 22.4 Å². The summed E-state index contributed by atoms with van der Waals surface area (Å²) >= 11 is 0. The molecule has 0 aliphatic heterocycles. The molecule has 8 heteroatoms. The van der Waals surface area contributed by atoms with E-state index in [2.05, 4.69) is 51.7 Å². The van der Waals surface area contributed by atoms with Gasteiger partial charge >= 0.3 is 5.97 Å². The average Bonchev–Trinajstić information content (AvgIpc) is 3.19. The van der Waals surface area contributed by atoms with Gasteiger partial charge in [-0.3, -0.25) is 4.79 Å². The van der Waals surface area contributed by atoms with Gasteiger partial charge < -0.3 is 18.6 Å². The third-order valence-corrected chi connectivity index (χ3v) is 11.6. The fourth-order valence-electron chi connectivity index (χ4n) is 4.34. The van der Waals surface area contributed by atoms with Crippen molar-refractivity contribution in [1.82, 2.24) is 14.7 Å². The van der Waals surface area contributed by atoms with Gasteiger partial charge in [-0.2, -0.15) is 4.98 Å². The van der Waals surface area contributed by atoms with Crippen LogP contribution in [0.3, 0.4) is 0 Å². The van der Waals surface area contributed by atoms with E-state index in [1.807, 2.05) is 23.8 Å². The molecule has 0 aromatic carbocycles. The third-order valence-electron chi connectivity index (χ3n) is 5.56. The van der Waals surface area contributed by atoms with Crippen LogP contribution in [0.25, 0.3) is 11.5 Å². The van der Waals surface area contributed by atoms with E-state index >= 15 is 0 Å². The number of rotatable bonds is 10. The predicted octanol–water partition coefficient (Wildman–Crippen LogP) is 5.01. The largest absolute Gasteiger partial charge is 0.481 e. The van der Waals surface area contributed by atoms with E-state index in [1.165, 1.54) is 0 Å². The van der Waals surface area contributed by atoms with Gasteiger partial charge in [-0.05, 0) is 35.2 Å². The minimum atomic E-state index is -2.00. The zero-order valence-corrected chi connectivity index (χ0v) is 19.0. The lowest BCUT2D eigenvalue weighted by atomic mass is 10.2. The van der Waals surface area contributed by atoms with Crippen molar-refractivity contribution >= 4 is 14.3 Å². The van der Waals surface area contributed by atoms with Crippen molar-refractivity contribution in [2.75, 3.05) is 0 Å². The fraction of sp³-hybridized carbons (Fsp3) is 0.650. The van der Waals surface area contributed by atoms with Crippen molar-refractivity contribution in [2.45, 2.75) is 84.7 Å². The van der Waals surface area contributed by atoms with Crippen molar-refractivity contribution in [3.63, 3.8) is 0 Å². The summed E-state index contributed by atoms with van der Waals surface area (Å²) in [6, 6.07) is 2.01. The zero-order valence-electron chi connectivity index (χ0n) is 18.0. The van der Waals surface area contributed by atoms with Crippen LogP contribution in [0.15, 0.2) is 16.8 Å². The first-order valence-corrected chi connectivity index (χ1v) is 12.1. The molecule has 0 amide bonds. The molecule has 1 N–H and O–H groups in total. The monoisotopic (exact) mass is 407 g/mol. The SMILES string of the molecule is Cc1ccn(CO[Si](C(C)C)(C(C)C)C(C)C)c1-c1noc(CCC(=O)O)n1. The van der Waals surface area contributed by atoms with Gasteiger partial charge in [0.25, 0.3) is 0 Å². The van der Waals surface area contributed by atoms with Crippen molar-refractivity contribution in [2.24, 2.45) is 0 Å². The van der Waals surface area contributed by atoms with Crippen LogP contribution in [-0.4, -0.2) is 34.1 Å². The van der Waals surface area contributed by atoms with Crippen molar-refractivity contribution < 1.29 is 18.9 Å². The van der Waals surface area contributed by atoms with E-state index in [0.717, 1.165) is 11.3 Å². The van der Waals surface area contributed by atoms with E-state index in [-0.39, 0.29) is 12.8 Å². The van der Waals surface area contributed by atoms with Gasteiger partial charge in [-0.1, -0.05) is 46.7 Å². The molecule has 2 aromatic heterocycles. The summed E-state index contributed by atoms with van der Waals surface area (Å²) in [5.41, 5.74) is 3.38. The van der Waals surface area contributed by atoms with Crippen molar-refractivity contribution in [1.29, 1.82) is 0 Å². The van der Waals surface area contributed by atoms with Gasteiger partial charge in [0, 0.05) is 12.6 Å². The first-order valence-electron chi connectivity index (χ1n) is 9.94. The Morgan fingerprint density at radius 3 is 2.36 bits per heavy atom. The normalized spacial score (nSPS) is 12.5. The first kappa shape index (κ1) is 22.4. The molecule has 0 saturated heterocycles. The van der Waals surface area contributed by atoms with E-state index < -0.39 is 14.3 Å². The average molecular weight is 408 g/mol. The predicted molar refractivity (Wildman–Crippen MR) is 111 cm³/mol. The highest BCUT2D eigenvalue weighted by Crippen LogP contribution is 2.42. The lowest BCUT2D eigenvalue weighted by Crippen LogP contribution is -2.48. The summed E-state index contributed by atoms with van der Waals surface area (Å²) < 4.78 is 14.0. The second kappa shape index (κ2) is 9.04. The van der Waals surface area contributed by atoms with E-state index in [1.54, 1.807) is 0 Å². The minimum Gasteiger partial charge on any atom is -0.481 e. The molecule has 7 nitrogen and oxygen atoms in total. The fourth-order valence-corrected chi connectivity index (χ4v) is 9.70. The Hall–Kier alpha value is -1.93. The van der Waals surface area contributed by atoms with Gasteiger partial charge in [0.1, 0.15) is 6.73 Å². The number of nitrogens with zero attached hydrogens (tertiary/aromatic N) is 3. The molecule has 2 aromatic rings. The molecule has 0 spiro atoms. The maximum Gasteiger partial charge on any atom is 0.303 e. The van der Waals surface area contributed by atoms with Crippen LogP contribution in [0.4, 0.5) is 0 Å². The maximum absolute atomic E-state index is 10.8. The van der Waals surface area contributed by atoms with E-state index in [0.29, 0.717) is 35.1 Å². The summed E-state index contributed by atoms with van der Waals surface area (Å²) in [6.45, 7) is 16.0. The van der Waals surface area contributed by atoms with E-state index in [4.69, 9.17) is 14.1 Å². The Morgan fingerprint density at radius 1 is 1.21 bits per heavy atom. The lowest BCUT2D eigenvalue weighted by molar-refractivity contribution is -0.137. The van der Waals surface area contributed by atoms with Crippen molar-refractivity contribution in [3.8, 4) is 11.5 Å². The Kier molecular flexibility index (Phi) is 7.22. The summed E-state index contributed by atoms with van der Waals surface area (Å²) in [7, 11) is -2.00. The summed E-state index contributed by atoms with van der Waals surface area (Å²) in [6.07, 6.45) is 2.18. The van der Waals surface area contributed by atoms with Crippen LogP contribution >= 0.6 is 0 Å². The number of hydrogen-bond acceptors (Lipinski definition) is 5. The zero-order chi connectivity index (χ0) is 21.1. The number of carboxylic acid groups (broad SMARTS) is 1. The summed E-state index contributed by atoms with van der Waals surface area (Å²) in [5, 5.41) is 12.9. The number of hydrogen-bond donors (Lipinski definition) is 1. The van der Waals surface area contributed by atoms with Crippen LogP contribution < -0.4 is 0 Å². The molecule has 2 rings (SSSR count). The number of carbonyl (C=O) groups is 1. The molecule has 0 aliphatic rings. The molecule has 156 valence electrons.